The fourth-order valence-electron chi connectivity index (χ4n) is 5.04. The average Bonchev–Trinajstić information content (AvgIpc) is 2.76. The number of quaternary nitrogens is 2. The van der Waals surface area contributed by atoms with E-state index >= 15 is 0 Å². The van der Waals surface area contributed by atoms with Crippen molar-refractivity contribution in [3.63, 3.8) is 0 Å². The van der Waals surface area contributed by atoms with Gasteiger partial charge < -0.3 is 8.97 Å². The van der Waals surface area contributed by atoms with Crippen molar-refractivity contribution in [3.05, 3.63) is 34.9 Å². The summed E-state index contributed by atoms with van der Waals surface area (Å²) >= 11 is 0. The summed E-state index contributed by atoms with van der Waals surface area (Å²) in [4.78, 5) is 0. The van der Waals surface area contributed by atoms with Gasteiger partial charge in [0.05, 0.1) is 42.3 Å². The van der Waals surface area contributed by atoms with Crippen LogP contribution in [0.15, 0.2) is 18.2 Å². The maximum absolute atomic E-state index is 3.49. The highest BCUT2D eigenvalue weighted by Gasteiger charge is 2.14. The summed E-state index contributed by atoms with van der Waals surface area (Å²) in [5.74, 6) is 6.96. The van der Waals surface area contributed by atoms with E-state index in [9.17, 15) is 0 Å². The van der Waals surface area contributed by atoms with Crippen molar-refractivity contribution < 1.29 is 8.97 Å². The van der Waals surface area contributed by atoms with Gasteiger partial charge in [-0.2, -0.15) is 0 Å². The lowest BCUT2D eigenvalue weighted by atomic mass is 10.0. The topological polar surface area (TPSA) is 0 Å². The van der Waals surface area contributed by atoms with Crippen LogP contribution in [0.5, 0.6) is 0 Å². The maximum Gasteiger partial charge on any atom is 0.104 e. The van der Waals surface area contributed by atoms with Crippen molar-refractivity contribution >= 4 is 0 Å². The third-order valence-corrected chi connectivity index (χ3v) is 6.75. The predicted molar refractivity (Wildman–Crippen MR) is 161 cm³/mol. The van der Waals surface area contributed by atoms with Crippen LogP contribution in [-0.2, 0) is 13.1 Å². The van der Waals surface area contributed by atoms with Gasteiger partial charge in [0, 0.05) is 23.1 Å². The van der Waals surface area contributed by atoms with Crippen LogP contribution < -0.4 is 0 Å². The zero-order valence-electron chi connectivity index (χ0n) is 25.6. The maximum atomic E-state index is 3.49. The van der Waals surface area contributed by atoms with E-state index in [1.807, 2.05) is 0 Å². The van der Waals surface area contributed by atoms with Crippen LogP contribution in [0.25, 0.3) is 0 Å². The lowest BCUT2D eigenvalue weighted by molar-refractivity contribution is -0.884. The first-order chi connectivity index (χ1) is 17.1. The second kappa shape index (κ2) is 18.9. The summed E-state index contributed by atoms with van der Waals surface area (Å²) in [6, 6.07) is 7.00. The molecule has 0 amide bonds. The molecule has 0 N–H and O–H groups in total. The monoisotopic (exact) mass is 498 g/mol. The standard InChI is InChI=1S/C34H62N2/c1-8-9-10-11-12-13-14-15-16-17-18-19-20-21-22-23-24-25-26-32-27-33(30-35(2,3)4)29-34(28-32)31-36(5,6)7/h27-29H,8-24,30-31H2,1-7H3/q+2. The smallest absolute Gasteiger partial charge is 0.104 e. The SMILES string of the molecule is CCCCCCCCCCCCCCCCCCC#Cc1cc(C[N+](C)(C)C)cc(C[N+](C)(C)C)c1. The van der Waals surface area contributed by atoms with Gasteiger partial charge in [-0.25, -0.2) is 0 Å². The largest absolute Gasteiger partial charge is 0.327 e. The van der Waals surface area contributed by atoms with E-state index in [2.05, 4.69) is 79.2 Å². The second-order valence-corrected chi connectivity index (χ2v) is 13.3. The van der Waals surface area contributed by atoms with Gasteiger partial charge in [0.2, 0.25) is 0 Å². The Balaban J connectivity index is 2.18. The molecule has 0 bridgehead atoms. The molecule has 1 aromatic carbocycles. The molecule has 0 unspecified atom stereocenters. The van der Waals surface area contributed by atoms with Crippen molar-refractivity contribution in [3.8, 4) is 11.8 Å². The molecule has 1 rings (SSSR count). The summed E-state index contributed by atoms with van der Waals surface area (Å²) in [5, 5.41) is 0. The summed E-state index contributed by atoms with van der Waals surface area (Å²) < 4.78 is 1.89. The Bertz CT molecular complexity index is 705. The van der Waals surface area contributed by atoms with E-state index in [0.717, 1.165) is 28.5 Å². The van der Waals surface area contributed by atoms with Crippen LogP contribution in [0.4, 0.5) is 0 Å². The average molecular weight is 499 g/mol. The van der Waals surface area contributed by atoms with Crippen LogP contribution in [0.3, 0.4) is 0 Å². The second-order valence-electron chi connectivity index (χ2n) is 13.3. The number of hydrogen-bond acceptors (Lipinski definition) is 0. The molecule has 2 heteroatoms. The molecule has 0 saturated heterocycles. The molecular formula is C34H62N2+2. The lowest BCUT2D eigenvalue weighted by Crippen LogP contribution is -2.34. The third kappa shape index (κ3) is 19.8. The van der Waals surface area contributed by atoms with Gasteiger partial charge in [0.1, 0.15) is 13.1 Å². The van der Waals surface area contributed by atoms with E-state index < -0.39 is 0 Å². The molecule has 0 spiro atoms. The molecule has 1 aromatic rings. The van der Waals surface area contributed by atoms with Gasteiger partial charge in [0.15, 0.2) is 0 Å². The first-order valence-electron chi connectivity index (χ1n) is 15.3. The molecule has 0 aliphatic heterocycles. The number of rotatable bonds is 20. The molecule has 0 radical (unpaired) electrons. The highest BCUT2D eigenvalue weighted by atomic mass is 15.3. The third-order valence-electron chi connectivity index (χ3n) is 6.75. The van der Waals surface area contributed by atoms with E-state index in [-0.39, 0.29) is 0 Å². The van der Waals surface area contributed by atoms with Gasteiger partial charge in [-0.05, 0) is 24.6 Å². The minimum absolute atomic E-state index is 0.944. The molecule has 0 heterocycles. The Morgan fingerprint density at radius 3 is 1.22 bits per heavy atom. The van der Waals surface area contributed by atoms with Crippen LogP contribution in [0.1, 0.15) is 133 Å². The zero-order chi connectivity index (χ0) is 26.7. The van der Waals surface area contributed by atoms with Gasteiger partial charge >= 0.3 is 0 Å². The van der Waals surface area contributed by atoms with Crippen molar-refractivity contribution in [2.24, 2.45) is 0 Å². The van der Waals surface area contributed by atoms with Gasteiger partial charge in [0.25, 0.3) is 0 Å². The highest BCUT2D eigenvalue weighted by Crippen LogP contribution is 2.17. The Kier molecular flexibility index (Phi) is 17.2. The molecule has 206 valence electrons. The van der Waals surface area contributed by atoms with Crippen molar-refractivity contribution in [2.75, 3.05) is 42.3 Å². The summed E-state index contributed by atoms with van der Waals surface area (Å²) in [6.07, 6.45) is 23.7. The van der Waals surface area contributed by atoms with E-state index in [1.54, 1.807) is 0 Å². The molecule has 0 aliphatic carbocycles. The van der Waals surface area contributed by atoms with E-state index in [4.69, 9.17) is 0 Å². The van der Waals surface area contributed by atoms with E-state index in [1.165, 1.54) is 119 Å². The number of benzene rings is 1. The van der Waals surface area contributed by atoms with Crippen molar-refractivity contribution in [1.29, 1.82) is 0 Å². The minimum atomic E-state index is 0.944. The Morgan fingerprint density at radius 1 is 0.500 bits per heavy atom. The number of nitrogens with zero attached hydrogens (tertiary/aromatic N) is 2. The van der Waals surface area contributed by atoms with Gasteiger partial charge in [-0.3, -0.25) is 0 Å². The Labute approximate surface area is 227 Å². The van der Waals surface area contributed by atoms with Gasteiger partial charge in [-0.1, -0.05) is 115 Å². The van der Waals surface area contributed by atoms with Crippen LogP contribution in [0, 0.1) is 11.8 Å². The summed E-state index contributed by atoms with van der Waals surface area (Å²) in [7, 11) is 13.6. The lowest BCUT2D eigenvalue weighted by Gasteiger charge is -2.26. The van der Waals surface area contributed by atoms with Crippen LogP contribution >= 0.6 is 0 Å². The summed E-state index contributed by atoms with van der Waals surface area (Å²) in [6.45, 7) is 4.38. The van der Waals surface area contributed by atoms with Crippen molar-refractivity contribution in [1.82, 2.24) is 0 Å². The number of unbranched alkanes of at least 4 members (excludes halogenated alkanes) is 16. The molecule has 0 atom stereocenters. The first kappa shape index (κ1) is 32.7. The highest BCUT2D eigenvalue weighted by molar-refractivity contribution is 5.40. The van der Waals surface area contributed by atoms with Crippen LogP contribution in [0.2, 0.25) is 0 Å². The fourth-order valence-corrected chi connectivity index (χ4v) is 5.04. The normalized spacial score (nSPS) is 12.0. The van der Waals surface area contributed by atoms with Crippen LogP contribution in [-0.4, -0.2) is 51.3 Å². The van der Waals surface area contributed by atoms with Crippen molar-refractivity contribution in [2.45, 2.75) is 129 Å². The fraction of sp³-hybridized carbons (Fsp3) is 0.765. The molecule has 36 heavy (non-hydrogen) atoms. The number of hydrogen-bond donors (Lipinski definition) is 0. The predicted octanol–water partition coefficient (Wildman–Crippen LogP) is 9.10. The first-order valence-corrected chi connectivity index (χ1v) is 15.3. The molecule has 0 aliphatic rings. The molecule has 2 nitrogen and oxygen atoms in total. The molecule has 0 saturated carbocycles. The zero-order valence-corrected chi connectivity index (χ0v) is 25.6. The molecular weight excluding hydrogens is 436 g/mol. The van der Waals surface area contributed by atoms with Gasteiger partial charge in [-0.15, -0.1) is 0 Å². The minimum Gasteiger partial charge on any atom is -0.327 e. The Hall–Kier alpha value is -1.30. The molecule has 0 aromatic heterocycles. The quantitative estimate of drug-likeness (QED) is 0.0955. The van der Waals surface area contributed by atoms with E-state index in [0.29, 0.717) is 0 Å². The Morgan fingerprint density at radius 2 is 0.861 bits per heavy atom. The molecule has 0 fully saturated rings. The summed E-state index contributed by atoms with van der Waals surface area (Å²) in [5.41, 5.74) is 4.00.